The summed E-state index contributed by atoms with van der Waals surface area (Å²) in [6, 6.07) is 0.351. The van der Waals surface area contributed by atoms with Crippen molar-refractivity contribution in [2.45, 2.75) is 44.6 Å². The fourth-order valence-electron chi connectivity index (χ4n) is 4.15. The largest absolute Gasteiger partial charge is 0.327 e. The zero-order valence-corrected chi connectivity index (χ0v) is 12.6. The predicted molar refractivity (Wildman–Crippen MR) is 80.0 cm³/mol. The highest BCUT2D eigenvalue weighted by Gasteiger charge is 2.39. The molecule has 1 saturated carbocycles. The average Bonchev–Trinajstić information content (AvgIpc) is 3.06. The molecule has 0 aromatic rings. The lowest BCUT2D eigenvalue weighted by Crippen LogP contribution is -2.39. The first-order valence-corrected chi connectivity index (χ1v) is 8.08. The first-order valence-electron chi connectivity index (χ1n) is 8.08. The summed E-state index contributed by atoms with van der Waals surface area (Å²) in [5.41, 5.74) is 7.45. The van der Waals surface area contributed by atoms with Crippen LogP contribution in [0.1, 0.15) is 38.5 Å². The lowest BCUT2D eigenvalue weighted by Gasteiger charge is -2.29. The molecule has 3 unspecified atom stereocenters. The van der Waals surface area contributed by atoms with E-state index in [1.54, 1.807) is 0 Å². The van der Waals surface area contributed by atoms with Crippen LogP contribution in [0.15, 0.2) is 11.8 Å². The first-order chi connectivity index (χ1) is 9.65. The minimum Gasteiger partial charge on any atom is -0.327 e. The number of amides is 1. The van der Waals surface area contributed by atoms with Gasteiger partial charge < -0.3 is 10.6 Å². The second-order valence-electron chi connectivity index (χ2n) is 6.75. The van der Waals surface area contributed by atoms with E-state index in [1.807, 2.05) is 11.9 Å². The number of likely N-dealkylation sites (tertiary alicyclic amines) is 1. The normalized spacial score (nSPS) is 33.9. The molecular weight excluding hydrogens is 250 g/mol. The van der Waals surface area contributed by atoms with Gasteiger partial charge in [-0.3, -0.25) is 9.69 Å². The van der Waals surface area contributed by atoms with E-state index in [0.29, 0.717) is 18.5 Å². The third kappa shape index (κ3) is 2.77. The Morgan fingerprint density at radius 2 is 2.25 bits per heavy atom. The van der Waals surface area contributed by atoms with Gasteiger partial charge in [-0.2, -0.15) is 0 Å². The third-order valence-corrected chi connectivity index (χ3v) is 5.41. The van der Waals surface area contributed by atoms with E-state index in [1.165, 1.54) is 25.0 Å². The molecule has 0 spiro atoms. The van der Waals surface area contributed by atoms with Gasteiger partial charge in [0.25, 0.3) is 0 Å². The summed E-state index contributed by atoms with van der Waals surface area (Å²) in [6.45, 7) is 2.65. The average molecular weight is 277 g/mol. The Balaban J connectivity index is 1.54. The molecule has 1 amide bonds. The first kappa shape index (κ1) is 14.1. The highest BCUT2D eigenvalue weighted by atomic mass is 16.2. The van der Waals surface area contributed by atoms with Crippen molar-refractivity contribution in [2.24, 2.45) is 17.6 Å². The van der Waals surface area contributed by atoms with Crippen molar-refractivity contribution >= 4 is 5.91 Å². The van der Waals surface area contributed by atoms with Crippen molar-refractivity contribution in [3.8, 4) is 0 Å². The number of hydrogen-bond donors (Lipinski definition) is 1. The quantitative estimate of drug-likeness (QED) is 0.852. The second-order valence-corrected chi connectivity index (χ2v) is 6.75. The molecule has 20 heavy (non-hydrogen) atoms. The van der Waals surface area contributed by atoms with Crippen LogP contribution >= 0.6 is 0 Å². The van der Waals surface area contributed by atoms with Gasteiger partial charge in [0, 0.05) is 31.9 Å². The Morgan fingerprint density at radius 3 is 2.95 bits per heavy atom. The third-order valence-electron chi connectivity index (χ3n) is 5.41. The Hall–Kier alpha value is -0.870. The smallest absolute Gasteiger partial charge is 0.240 e. The Morgan fingerprint density at radius 1 is 1.40 bits per heavy atom. The second kappa shape index (κ2) is 5.86. The summed E-state index contributed by atoms with van der Waals surface area (Å²) in [5.74, 6) is 1.58. The summed E-state index contributed by atoms with van der Waals surface area (Å²) in [5, 5.41) is 0. The molecule has 3 atom stereocenters. The number of nitrogens with two attached hydrogens (primary N) is 1. The molecule has 2 fully saturated rings. The molecule has 0 aromatic heterocycles. The van der Waals surface area contributed by atoms with E-state index in [4.69, 9.17) is 5.73 Å². The molecule has 0 radical (unpaired) electrons. The Labute approximate surface area is 122 Å². The minimum atomic E-state index is 0.241. The van der Waals surface area contributed by atoms with Gasteiger partial charge >= 0.3 is 0 Å². The zero-order valence-electron chi connectivity index (χ0n) is 12.6. The number of rotatable bonds is 3. The van der Waals surface area contributed by atoms with Crippen LogP contribution < -0.4 is 5.73 Å². The Bertz CT molecular complexity index is 407. The van der Waals surface area contributed by atoms with Gasteiger partial charge in [-0.1, -0.05) is 12.5 Å². The number of allylic oxidation sites excluding steroid dienone is 2. The Kier molecular flexibility index (Phi) is 4.13. The zero-order chi connectivity index (χ0) is 14.1. The van der Waals surface area contributed by atoms with E-state index >= 15 is 0 Å². The summed E-state index contributed by atoms with van der Waals surface area (Å²) in [6.07, 6.45) is 9.29. The van der Waals surface area contributed by atoms with Gasteiger partial charge in [-0.25, -0.2) is 0 Å². The maximum absolute atomic E-state index is 12.4. The highest BCUT2D eigenvalue weighted by Crippen LogP contribution is 2.35. The van der Waals surface area contributed by atoms with Crippen molar-refractivity contribution in [2.75, 3.05) is 26.7 Å². The molecule has 4 nitrogen and oxygen atoms in total. The van der Waals surface area contributed by atoms with Crippen LogP contribution in [0.3, 0.4) is 0 Å². The van der Waals surface area contributed by atoms with E-state index in [9.17, 15) is 4.79 Å². The van der Waals surface area contributed by atoms with Crippen LogP contribution in [-0.2, 0) is 4.79 Å². The molecule has 1 saturated heterocycles. The maximum atomic E-state index is 12.4. The van der Waals surface area contributed by atoms with Crippen LogP contribution in [0.4, 0.5) is 0 Å². The lowest BCUT2D eigenvalue weighted by molar-refractivity contribution is -0.129. The van der Waals surface area contributed by atoms with Crippen molar-refractivity contribution < 1.29 is 4.79 Å². The number of hydrogen-bond acceptors (Lipinski definition) is 3. The highest BCUT2D eigenvalue weighted by molar-refractivity contribution is 5.79. The summed E-state index contributed by atoms with van der Waals surface area (Å²) >= 11 is 0. The van der Waals surface area contributed by atoms with Crippen LogP contribution in [0, 0.1) is 11.8 Å². The number of carbonyl (C=O) groups excluding carboxylic acids is 1. The summed E-state index contributed by atoms with van der Waals surface area (Å²) in [7, 11) is 1.92. The molecule has 1 heterocycles. The van der Waals surface area contributed by atoms with Crippen LogP contribution in [-0.4, -0.2) is 48.4 Å². The van der Waals surface area contributed by atoms with Crippen LogP contribution in [0.25, 0.3) is 0 Å². The minimum absolute atomic E-state index is 0.241. The van der Waals surface area contributed by atoms with Gasteiger partial charge in [0.1, 0.15) is 0 Å². The monoisotopic (exact) mass is 277 g/mol. The van der Waals surface area contributed by atoms with E-state index in [-0.39, 0.29) is 5.91 Å². The summed E-state index contributed by atoms with van der Waals surface area (Å²) in [4.78, 5) is 16.6. The van der Waals surface area contributed by atoms with Gasteiger partial charge in [0.2, 0.25) is 5.91 Å². The SMILES string of the molecule is CN(C(=O)CN1CC2CCCC(N)C2C1)C1=CCCC1. The molecule has 2 N–H and O–H groups in total. The molecule has 4 heteroatoms. The fourth-order valence-corrected chi connectivity index (χ4v) is 4.15. The number of carbonyl (C=O) groups is 1. The van der Waals surface area contributed by atoms with Gasteiger partial charge in [0.15, 0.2) is 0 Å². The van der Waals surface area contributed by atoms with E-state index in [0.717, 1.165) is 38.3 Å². The number of nitrogens with zero attached hydrogens (tertiary/aromatic N) is 2. The van der Waals surface area contributed by atoms with Gasteiger partial charge in [-0.05, 0) is 43.9 Å². The molecular formula is C16H27N3O. The number of likely N-dealkylation sites (N-methyl/N-ethyl adjacent to an activating group) is 1. The molecule has 2 aliphatic carbocycles. The molecule has 0 aromatic carbocycles. The van der Waals surface area contributed by atoms with E-state index in [2.05, 4.69) is 11.0 Å². The molecule has 1 aliphatic heterocycles. The van der Waals surface area contributed by atoms with Crippen molar-refractivity contribution in [3.63, 3.8) is 0 Å². The van der Waals surface area contributed by atoms with Crippen molar-refractivity contribution in [1.29, 1.82) is 0 Å². The van der Waals surface area contributed by atoms with Gasteiger partial charge in [0.05, 0.1) is 6.54 Å². The molecule has 112 valence electrons. The van der Waals surface area contributed by atoms with Crippen molar-refractivity contribution in [3.05, 3.63) is 11.8 Å². The van der Waals surface area contributed by atoms with Crippen LogP contribution in [0.5, 0.6) is 0 Å². The maximum Gasteiger partial charge on any atom is 0.240 e. The fraction of sp³-hybridized carbons (Fsp3) is 0.812. The standard InChI is InChI=1S/C16H27N3O/c1-18(13-6-2-3-7-13)16(20)11-19-9-12-5-4-8-15(17)14(12)10-19/h6,12,14-15H,2-5,7-11,17H2,1H3. The van der Waals surface area contributed by atoms with Gasteiger partial charge in [-0.15, -0.1) is 0 Å². The lowest BCUT2D eigenvalue weighted by atomic mass is 9.78. The molecule has 3 aliphatic rings. The van der Waals surface area contributed by atoms with Crippen molar-refractivity contribution in [1.82, 2.24) is 9.80 Å². The number of fused-ring (bicyclic) bond motifs is 1. The van der Waals surface area contributed by atoms with Crippen LogP contribution in [0.2, 0.25) is 0 Å². The molecule has 3 rings (SSSR count). The molecule has 0 bridgehead atoms. The predicted octanol–water partition coefficient (Wildman–Crippen LogP) is 1.57. The summed E-state index contributed by atoms with van der Waals surface area (Å²) < 4.78 is 0. The van der Waals surface area contributed by atoms with E-state index < -0.39 is 0 Å². The topological polar surface area (TPSA) is 49.6 Å².